The zero-order chi connectivity index (χ0) is 13.9. The second kappa shape index (κ2) is 6.06. The van der Waals surface area contributed by atoms with Gasteiger partial charge in [0.15, 0.2) is 0 Å². The summed E-state index contributed by atoms with van der Waals surface area (Å²) in [5.74, 6) is 0. The van der Waals surface area contributed by atoms with Gasteiger partial charge in [-0.15, -0.1) is 0 Å². The number of nitrogens with one attached hydrogen (secondary N) is 1. The third-order valence-corrected chi connectivity index (χ3v) is 4.24. The van der Waals surface area contributed by atoms with Crippen molar-refractivity contribution in [3.8, 4) is 0 Å². The maximum atomic E-state index is 4.32. The second-order valence-electron chi connectivity index (χ2n) is 6.66. The summed E-state index contributed by atoms with van der Waals surface area (Å²) >= 11 is 0. The molecular formula is C15H28N4. The zero-order valence-corrected chi connectivity index (χ0v) is 12.8. The molecule has 1 fully saturated rings. The Morgan fingerprint density at radius 2 is 2.05 bits per heavy atom. The predicted molar refractivity (Wildman–Crippen MR) is 79.0 cm³/mol. The van der Waals surface area contributed by atoms with Gasteiger partial charge in [0.2, 0.25) is 0 Å². The quantitative estimate of drug-likeness (QED) is 0.884. The van der Waals surface area contributed by atoms with E-state index in [1.807, 2.05) is 12.5 Å². The Morgan fingerprint density at radius 1 is 1.37 bits per heavy atom. The van der Waals surface area contributed by atoms with Crippen LogP contribution in [0.4, 0.5) is 0 Å². The van der Waals surface area contributed by atoms with Crippen LogP contribution in [0, 0.1) is 5.41 Å². The summed E-state index contributed by atoms with van der Waals surface area (Å²) in [6.45, 7) is 11.2. The monoisotopic (exact) mass is 264 g/mol. The molecule has 2 heterocycles. The van der Waals surface area contributed by atoms with Gasteiger partial charge >= 0.3 is 0 Å². The molecular weight excluding hydrogens is 236 g/mol. The van der Waals surface area contributed by atoms with E-state index in [0.717, 1.165) is 13.1 Å². The van der Waals surface area contributed by atoms with Crippen LogP contribution in [0.3, 0.4) is 0 Å². The van der Waals surface area contributed by atoms with Gasteiger partial charge in [-0.2, -0.15) is 0 Å². The normalized spacial score (nSPS) is 20.1. The number of aromatic nitrogens is 2. The van der Waals surface area contributed by atoms with Crippen LogP contribution in [-0.2, 0) is 13.1 Å². The fourth-order valence-corrected chi connectivity index (χ4v) is 2.67. The van der Waals surface area contributed by atoms with E-state index >= 15 is 0 Å². The lowest BCUT2D eigenvalue weighted by Gasteiger charge is -2.38. The molecule has 0 spiro atoms. The van der Waals surface area contributed by atoms with Crippen LogP contribution in [0.2, 0.25) is 0 Å². The van der Waals surface area contributed by atoms with Crippen molar-refractivity contribution in [2.45, 2.75) is 52.7 Å². The average molecular weight is 264 g/mol. The molecule has 0 aliphatic carbocycles. The number of hydrogen-bond donors (Lipinski definition) is 1. The van der Waals surface area contributed by atoms with Crippen LogP contribution >= 0.6 is 0 Å². The SMILES string of the molecule is CC(C)NCc1cncn1CC1(C)CCN(C)CC1. The van der Waals surface area contributed by atoms with Gasteiger partial charge in [0.25, 0.3) is 0 Å². The smallest absolute Gasteiger partial charge is 0.0948 e. The molecule has 1 saturated heterocycles. The Bertz CT molecular complexity index is 389. The van der Waals surface area contributed by atoms with Crippen molar-refractivity contribution < 1.29 is 0 Å². The predicted octanol–water partition coefficient (Wildman–Crippen LogP) is 2.11. The van der Waals surface area contributed by atoms with Crippen LogP contribution < -0.4 is 5.32 Å². The highest BCUT2D eigenvalue weighted by molar-refractivity contribution is 4.99. The topological polar surface area (TPSA) is 33.1 Å². The lowest BCUT2D eigenvalue weighted by molar-refractivity contribution is 0.119. The minimum absolute atomic E-state index is 0.416. The lowest BCUT2D eigenvalue weighted by Crippen LogP contribution is -2.39. The molecule has 4 heteroatoms. The lowest BCUT2D eigenvalue weighted by atomic mass is 9.80. The minimum atomic E-state index is 0.416. The first kappa shape index (κ1) is 14.5. The van der Waals surface area contributed by atoms with Crippen molar-refractivity contribution in [3.05, 3.63) is 18.2 Å². The van der Waals surface area contributed by atoms with Crippen molar-refractivity contribution in [2.24, 2.45) is 5.41 Å². The summed E-state index contributed by atoms with van der Waals surface area (Å²) < 4.78 is 2.33. The number of likely N-dealkylation sites (tertiary alicyclic amines) is 1. The van der Waals surface area contributed by atoms with E-state index < -0.39 is 0 Å². The largest absolute Gasteiger partial charge is 0.333 e. The summed E-state index contributed by atoms with van der Waals surface area (Å²) in [7, 11) is 2.22. The summed E-state index contributed by atoms with van der Waals surface area (Å²) in [4.78, 5) is 6.75. The van der Waals surface area contributed by atoms with Crippen LogP contribution in [0.1, 0.15) is 39.3 Å². The number of imidazole rings is 1. The molecule has 4 nitrogen and oxygen atoms in total. The Balaban J connectivity index is 1.97. The molecule has 0 saturated carbocycles. The summed E-state index contributed by atoms with van der Waals surface area (Å²) in [6, 6.07) is 0.516. The molecule has 0 radical (unpaired) electrons. The Labute approximate surface area is 117 Å². The number of piperidine rings is 1. The standard InChI is InChI=1S/C15H28N4/c1-13(2)17-10-14-9-16-12-19(14)11-15(3)5-7-18(4)8-6-15/h9,12-13,17H,5-8,10-11H2,1-4H3. The second-order valence-corrected chi connectivity index (χ2v) is 6.66. The highest BCUT2D eigenvalue weighted by Crippen LogP contribution is 2.32. The number of rotatable bonds is 5. The van der Waals surface area contributed by atoms with Crippen molar-refractivity contribution in [1.82, 2.24) is 19.8 Å². The Hall–Kier alpha value is -0.870. The molecule has 1 aliphatic rings. The van der Waals surface area contributed by atoms with Crippen LogP contribution in [0.15, 0.2) is 12.5 Å². The molecule has 19 heavy (non-hydrogen) atoms. The summed E-state index contributed by atoms with van der Waals surface area (Å²) in [5, 5.41) is 3.48. The van der Waals surface area contributed by atoms with Gasteiger partial charge in [-0.05, 0) is 38.4 Å². The maximum absolute atomic E-state index is 4.32. The Kier molecular flexibility index (Phi) is 4.63. The fourth-order valence-electron chi connectivity index (χ4n) is 2.67. The molecule has 1 aromatic heterocycles. The summed E-state index contributed by atoms with van der Waals surface area (Å²) in [6.07, 6.45) is 6.53. The third-order valence-electron chi connectivity index (χ3n) is 4.24. The van der Waals surface area contributed by atoms with Crippen LogP contribution in [0.5, 0.6) is 0 Å². The van der Waals surface area contributed by atoms with Crippen LogP contribution in [0.25, 0.3) is 0 Å². The molecule has 0 unspecified atom stereocenters. The maximum Gasteiger partial charge on any atom is 0.0948 e. The molecule has 2 rings (SSSR count). The molecule has 0 aromatic carbocycles. The Morgan fingerprint density at radius 3 is 2.68 bits per heavy atom. The first-order chi connectivity index (χ1) is 8.98. The highest BCUT2D eigenvalue weighted by Gasteiger charge is 2.29. The van der Waals surface area contributed by atoms with E-state index in [-0.39, 0.29) is 0 Å². The molecule has 1 aliphatic heterocycles. The van der Waals surface area contributed by atoms with E-state index in [2.05, 4.69) is 47.6 Å². The van der Waals surface area contributed by atoms with E-state index in [0.29, 0.717) is 11.5 Å². The molecule has 1 aromatic rings. The first-order valence-corrected chi connectivity index (χ1v) is 7.39. The van der Waals surface area contributed by atoms with Gasteiger partial charge in [0.05, 0.1) is 12.0 Å². The number of nitrogens with zero attached hydrogens (tertiary/aromatic N) is 3. The number of hydrogen-bond acceptors (Lipinski definition) is 3. The molecule has 1 N–H and O–H groups in total. The molecule has 0 amide bonds. The van der Waals surface area contributed by atoms with E-state index in [1.54, 1.807) is 0 Å². The van der Waals surface area contributed by atoms with E-state index in [1.165, 1.54) is 31.6 Å². The van der Waals surface area contributed by atoms with Gasteiger partial charge in [-0.3, -0.25) is 0 Å². The van der Waals surface area contributed by atoms with Gasteiger partial charge in [-0.25, -0.2) is 4.98 Å². The molecule has 0 atom stereocenters. The molecule has 108 valence electrons. The van der Waals surface area contributed by atoms with Gasteiger partial charge in [0, 0.05) is 25.3 Å². The van der Waals surface area contributed by atoms with E-state index in [4.69, 9.17) is 0 Å². The minimum Gasteiger partial charge on any atom is -0.333 e. The van der Waals surface area contributed by atoms with Crippen LogP contribution in [-0.4, -0.2) is 40.6 Å². The first-order valence-electron chi connectivity index (χ1n) is 7.39. The fraction of sp³-hybridized carbons (Fsp3) is 0.800. The zero-order valence-electron chi connectivity index (χ0n) is 12.8. The van der Waals surface area contributed by atoms with E-state index in [9.17, 15) is 0 Å². The van der Waals surface area contributed by atoms with Crippen molar-refractivity contribution in [1.29, 1.82) is 0 Å². The van der Waals surface area contributed by atoms with Gasteiger partial charge in [-0.1, -0.05) is 20.8 Å². The van der Waals surface area contributed by atoms with Gasteiger partial charge < -0.3 is 14.8 Å². The van der Waals surface area contributed by atoms with Gasteiger partial charge in [0.1, 0.15) is 0 Å². The third kappa shape index (κ3) is 4.05. The van der Waals surface area contributed by atoms with Crippen molar-refractivity contribution in [2.75, 3.05) is 20.1 Å². The van der Waals surface area contributed by atoms with Crippen molar-refractivity contribution >= 4 is 0 Å². The molecule has 0 bridgehead atoms. The summed E-state index contributed by atoms with van der Waals surface area (Å²) in [5.41, 5.74) is 1.72. The van der Waals surface area contributed by atoms with Crippen molar-refractivity contribution in [3.63, 3.8) is 0 Å². The highest BCUT2D eigenvalue weighted by atomic mass is 15.1. The average Bonchev–Trinajstić information content (AvgIpc) is 2.78.